The Morgan fingerprint density at radius 2 is 2.11 bits per heavy atom. The molecule has 0 radical (unpaired) electrons. The summed E-state index contributed by atoms with van der Waals surface area (Å²) in [6.07, 6.45) is 3.85. The summed E-state index contributed by atoms with van der Waals surface area (Å²) in [6, 6.07) is 12.1. The predicted molar refractivity (Wildman–Crippen MR) is 113 cm³/mol. The minimum absolute atomic E-state index is 0.0672. The molecule has 3 aromatic rings. The van der Waals surface area contributed by atoms with Gasteiger partial charge in [0, 0.05) is 29.7 Å². The summed E-state index contributed by atoms with van der Waals surface area (Å²) < 4.78 is 2.22. The lowest BCUT2D eigenvalue weighted by Gasteiger charge is -2.10. The molecule has 2 aromatic heterocycles. The Kier molecular flexibility index (Phi) is 6.24. The van der Waals surface area contributed by atoms with Gasteiger partial charge in [0.2, 0.25) is 0 Å². The van der Waals surface area contributed by atoms with Crippen LogP contribution in [-0.4, -0.2) is 22.0 Å². The maximum atomic E-state index is 12.5. The SMILES string of the molecule is C=CCNC(=O)c1cc(-c2csc(-c3ccccc3)n2)n(CCCC)c1C. The normalized spacial score (nSPS) is 10.7. The molecule has 27 heavy (non-hydrogen) atoms. The van der Waals surface area contributed by atoms with Crippen molar-refractivity contribution in [1.82, 2.24) is 14.9 Å². The molecule has 0 spiro atoms. The van der Waals surface area contributed by atoms with E-state index in [1.807, 2.05) is 31.2 Å². The van der Waals surface area contributed by atoms with E-state index in [0.717, 1.165) is 47.0 Å². The van der Waals surface area contributed by atoms with Gasteiger partial charge in [-0.1, -0.05) is 49.8 Å². The predicted octanol–water partition coefficient (Wildman–Crippen LogP) is 5.30. The van der Waals surface area contributed by atoms with Crippen molar-refractivity contribution < 1.29 is 4.79 Å². The molecule has 0 unspecified atom stereocenters. The first kappa shape index (κ1) is 19.1. The van der Waals surface area contributed by atoms with Gasteiger partial charge in [-0.15, -0.1) is 17.9 Å². The third-order valence-corrected chi connectivity index (χ3v) is 5.43. The molecule has 0 saturated heterocycles. The Labute approximate surface area is 164 Å². The summed E-state index contributed by atoms with van der Waals surface area (Å²) in [5.41, 5.74) is 4.72. The lowest BCUT2D eigenvalue weighted by Crippen LogP contribution is -2.23. The molecule has 0 bridgehead atoms. The third-order valence-electron chi connectivity index (χ3n) is 4.54. The minimum Gasteiger partial charge on any atom is -0.349 e. The molecule has 1 N–H and O–H groups in total. The van der Waals surface area contributed by atoms with Gasteiger partial charge >= 0.3 is 0 Å². The zero-order chi connectivity index (χ0) is 19.2. The van der Waals surface area contributed by atoms with Crippen LogP contribution in [0, 0.1) is 6.92 Å². The number of nitrogens with one attached hydrogen (secondary N) is 1. The number of aromatic nitrogens is 2. The van der Waals surface area contributed by atoms with Crippen molar-refractivity contribution in [2.75, 3.05) is 6.54 Å². The van der Waals surface area contributed by atoms with Crippen molar-refractivity contribution in [2.45, 2.75) is 33.2 Å². The molecule has 0 atom stereocenters. The number of hydrogen-bond donors (Lipinski definition) is 1. The van der Waals surface area contributed by atoms with Gasteiger partial charge < -0.3 is 9.88 Å². The van der Waals surface area contributed by atoms with E-state index in [9.17, 15) is 4.79 Å². The largest absolute Gasteiger partial charge is 0.349 e. The van der Waals surface area contributed by atoms with Crippen LogP contribution in [-0.2, 0) is 6.54 Å². The second kappa shape index (κ2) is 8.82. The van der Waals surface area contributed by atoms with Crippen LogP contribution in [0.4, 0.5) is 0 Å². The zero-order valence-electron chi connectivity index (χ0n) is 15.9. The number of benzene rings is 1. The van der Waals surface area contributed by atoms with E-state index in [4.69, 9.17) is 4.98 Å². The summed E-state index contributed by atoms with van der Waals surface area (Å²) in [5, 5.41) is 5.94. The number of nitrogens with zero attached hydrogens (tertiary/aromatic N) is 2. The van der Waals surface area contributed by atoms with Crippen LogP contribution in [0.25, 0.3) is 22.0 Å². The second-order valence-corrected chi connectivity index (χ2v) is 7.29. The van der Waals surface area contributed by atoms with E-state index >= 15 is 0 Å². The van der Waals surface area contributed by atoms with Crippen molar-refractivity contribution in [2.24, 2.45) is 0 Å². The highest BCUT2D eigenvalue weighted by atomic mass is 32.1. The molecule has 0 aliphatic rings. The average molecular weight is 380 g/mol. The summed E-state index contributed by atoms with van der Waals surface area (Å²) in [6.45, 7) is 9.18. The first-order valence-electron chi connectivity index (χ1n) is 9.26. The van der Waals surface area contributed by atoms with Crippen LogP contribution in [0.2, 0.25) is 0 Å². The Morgan fingerprint density at radius 1 is 1.33 bits per heavy atom. The molecule has 0 aliphatic carbocycles. The second-order valence-electron chi connectivity index (χ2n) is 6.44. The molecule has 0 saturated carbocycles. The smallest absolute Gasteiger partial charge is 0.253 e. The molecule has 0 aliphatic heterocycles. The van der Waals surface area contributed by atoms with Crippen LogP contribution in [0.5, 0.6) is 0 Å². The van der Waals surface area contributed by atoms with Crippen LogP contribution in [0.15, 0.2) is 54.4 Å². The lowest BCUT2D eigenvalue weighted by molar-refractivity contribution is 0.0957. The summed E-state index contributed by atoms with van der Waals surface area (Å²) >= 11 is 1.63. The molecule has 0 fully saturated rings. The molecule has 1 aromatic carbocycles. The van der Waals surface area contributed by atoms with Crippen molar-refractivity contribution >= 4 is 17.2 Å². The van der Waals surface area contributed by atoms with Crippen molar-refractivity contribution in [1.29, 1.82) is 0 Å². The molecule has 1 amide bonds. The number of amides is 1. The highest BCUT2D eigenvalue weighted by Crippen LogP contribution is 2.31. The molecule has 3 rings (SSSR count). The topological polar surface area (TPSA) is 46.9 Å². The summed E-state index contributed by atoms with van der Waals surface area (Å²) in [7, 11) is 0. The van der Waals surface area contributed by atoms with E-state index < -0.39 is 0 Å². The molecule has 2 heterocycles. The van der Waals surface area contributed by atoms with Gasteiger partial charge in [-0.05, 0) is 19.4 Å². The lowest BCUT2D eigenvalue weighted by atomic mass is 10.2. The Bertz CT molecular complexity index is 924. The first-order chi connectivity index (χ1) is 13.2. The Balaban J connectivity index is 1.99. The van der Waals surface area contributed by atoms with Crippen molar-refractivity contribution in [3.8, 4) is 22.0 Å². The summed E-state index contributed by atoms with van der Waals surface area (Å²) in [5.74, 6) is -0.0672. The van der Waals surface area contributed by atoms with Gasteiger partial charge in [-0.2, -0.15) is 0 Å². The number of carbonyl (C=O) groups is 1. The quantitative estimate of drug-likeness (QED) is 0.540. The van der Waals surface area contributed by atoms with Gasteiger partial charge in [0.15, 0.2) is 0 Å². The van der Waals surface area contributed by atoms with E-state index in [0.29, 0.717) is 12.1 Å². The Hall–Kier alpha value is -2.66. The standard InChI is InChI=1S/C22H25N3OS/c1-4-6-13-25-16(3)18(21(26)23-12-5-2)14-20(25)19-15-27-22(24-19)17-10-8-7-9-11-17/h5,7-11,14-15H,2,4,6,12-13H2,1,3H3,(H,23,26). The van der Waals surface area contributed by atoms with Gasteiger partial charge in [0.1, 0.15) is 5.01 Å². The van der Waals surface area contributed by atoms with E-state index in [1.54, 1.807) is 17.4 Å². The van der Waals surface area contributed by atoms with E-state index in [2.05, 4.69) is 40.9 Å². The van der Waals surface area contributed by atoms with Gasteiger partial charge in [-0.3, -0.25) is 4.79 Å². The van der Waals surface area contributed by atoms with Crippen LogP contribution in [0.3, 0.4) is 0 Å². The monoisotopic (exact) mass is 379 g/mol. The summed E-state index contributed by atoms with van der Waals surface area (Å²) in [4.78, 5) is 17.4. The molecular formula is C22H25N3OS. The molecule has 4 nitrogen and oxygen atoms in total. The number of thiazole rings is 1. The van der Waals surface area contributed by atoms with Crippen LogP contribution < -0.4 is 5.32 Å². The molecule has 5 heteroatoms. The fourth-order valence-corrected chi connectivity index (χ4v) is 3.88. The number of hydrogen-bond acceptors (Lipinski definition) is 3. The molecular weight excluding hydrogens is 354 g/mol. The van der Waals surface area contributed by atoms with Crippen LogP contribution >= 0.6 is 11.3 Å². The fraction of sp³-hybridized carbons (Fsp3) is 0.273. The van der Waals surface area contributed by atoms with Gasteiger partial charge in [-0.25, -0.2) is 4.98 Å². The van der Waals surface area contributed by atoms with Crippen LogP contribution in [0.1, 0.15) is 35.8 Å². The number of unbranched alkanes of at least 4 members (excludes halogenated alkanes) is 1. The Morgan fingerprint density at radius 3 is 2.81 bits per heavy atom. The van der Waals surface area contributed by atoms with Crippen molar-refractivity contribution in [3.05, 3.63) is 65.7 Å². The zero-order valence-corrected chi connectivity index (χ0v) is 16.7. The van der Waals surface area contributed by atoms with Crippen molar-refractivity contribution in [3.63, 3.8) is 0 Å². The third kappa shape index (κ3) is 4.19. The molecule has 140 valence electrons. The number of carbonyl (C=O) groups excluding carboxylic acids is 1. The minimum atomic E-state index is -0.0672. The highest BCUT2D eigenvalue weighted by molar-refractivity contribution is 7.13. The average Bonchev–Trinajstić information content (AvgIpc) is 3.30. The van der Waals surface area contributed by atoms with Gasteiger partial charge in [0.25, 0.3) is 5.91 Å². The van der Waals surface area contributed by atoms with E-state index in [1.165, 1.54) is 0 Å². The highest BCUT2D eigenvalue weighted by Gasteiger charge is 2.19. The maximum absolute atomic E-state index is 12.5. The number of rotatable bonds is 8. The van der Waals surface area contributed by atoms with E-state index in [-0.39, 0.29) is 5.91 Å². The van der Waals surface area contributed by atoms with Gasteiger partial charge in [0.05, 0.1) is 17.0 Å². The first-order valence-corrected chi connectivity index (χ1v) is 10.1. The fourth-order valence-electron chi connectivity index (χ4n) is 3.06. The maximum Gasteiger partial charge on any atom is 0.253 e.